The highest BCUT2D eigenvalue weighted by Crippen LogP contribution is 2.26. The summed E-state index contributed by atoms with van der Waals surface area (Å²) in [5.41, 5.74) is 0. The second kappa shape index (κ2) is 12.7. The summed E-state index contributed by atoms with van der Waals surface area (Å²) in [4.78, 5) is 26.4. The van der Waals surface area contributed by atoms with E-state index in [1.54, 1.807) is 0 Å². The number of halogens is 2. The molecule has 0 unspecified atom stereocenters. The van der Waals surface area contributed by atoms with Crippen LogP contribution in [-0.2, 0) is 19.6 Å². The Morgan fingerprint density at radius 3 is 2.64 bits per heavy atom. The molecule has 2 heterocycles. The minimum atomic E-state index is -3.99. The molecule has 4 rings (SSSR count). The highest BCUT2D eigenvalue weighted by molar-refractivity contribution is 7.89. The van der Waals surface area contributed by atoms with E-state index in [-0.39, 0.29) is 46.7 Å². The molecule has 2 amide bonds. The van der Waals surface area contributed by atoms with Gasteiger partial charge in [0.15, 0.2) is 0 Å². The summed E-state index contributed by atoms with van der Waals surface area (Å²) < 4.78 is 47.9. The lowest BCUT2D eigenvalue weighted by molar-refractivity contribution is -0.123. The third-order valence-electron chi connectivity index (χ3n) is 6.52. The Balaban J connectivity index is 1.34. The monoisotopic (exact) mass is 595 g/mol. The number of sulfonamides is 1. The molecule has 0 saturated carbocycles. The number of nitrogens with one attached hydrogen (secondary N) is 3. The maximum Gasteiger partial charge on any atom is 0.262 e. The SMILES string of the molecule is CC(C)C[C@H](NC(=O)c1cc2ccccc2s1)C(=O)NC[C@H]1CCO[C@@H]1CNS(=O)(=O)c1ccc(F)cc1Cl. The van der Waals surface area contributed by atoms with Gasteiger partial charge in [-0.2, -0.15) is 0 Å². The lowest BCUT2D eigenvalue weighted by atomic mass is 10.00. The van der Waals surface area contributed by atoms with Gasteiger partial charge in [0.2, 0.25) is 15.9 Å². The number of fused-ring (bicyclic) bond motifs is 1. The van der Waals surface area contributed by atoms with E-state index in [1.807, 2.05) is 44.2 Å². The molecular formula is C27H31ClFN3O5S2. The van der Waals surface area contributed by atoms with E-state index >= 15 is 0 Å². The Morgan fingerprint density at radius 1 is 1.15 bits per heavy atom. The average molecular weight is 596 g/mol. The number of benzene rings is 2. The third kappa shape index (κ3) is 7.55. The summed E-state index contributed by atoms with van der Waals surface area (Å²) in [6, 6.07) is 11.9. The first kappa shape index (κ1) is 29.4. The first-order valence-electron chi connectivity index (χ1n) is 12.7. The van der Waals surface area contributed by atoms with Gasteiger partial charge >= 0.3 is 0 Å². The normalized spacial score (nSPS) is 18.4. The summed E-state index contributed by atoms with van der Waals surface area (Å²) in [7, 11) is -3.99. The molecule has 8 nitrogen and oxygen atoms in total. The van der Waals surface area contributed by atoms with Crippen LogP contribution in [-0.4, -0.2) is 52.1 Å². The molecule has 0 bridgehead atoms. The van der Waals surface area contributed by atoms with E-state index < -0.39 is 28.0 Å². The number of ether oxygens (including phenoxy) is 1. The van der Waals surface area contributed by atoms with Crippen LogP contribution in [0.3, 0.4) is 0 Å². The topological polar surface area (TPSA) is 114 Å². The molecule has 0 radical (unpaired) electrons. The molecule has 0 aliphatic carbocycles. The summed E-state index contributed by atoms with van der Waals surface area (Å²) in [5.74, 6) is -1.21. The number of rotatable bonds is 11. The van der Waals surface area contributed by atoms with Crippen LogP contribution in [0.5, 0.6) is 0 Å². The van der Waals surface area contributed by atoms with Crippen molar-refractivity contribution in [3.8, 4) is 0 Å². The Bertz CT molecular complexity index is 1410. The van der Waals surface area contributed by atoms with Gasteiger partial charge in [-0.3, -0.25) is 9.59 Å². The van der Waals surface area contributed by atoms with Crippen molar-refractivity contribution in [2.75, 3.05) is 19.7 Å². The molecule has 210 valence electrons. The molecule has 1 aromatic heterocycles. The van der Waals surface area contributed by atoms with E-state index in [1.165, 1.54) is 11.3 Å². The zero-order chi connectivity index (χ0) is 28.2. The van der Waals surface area contributed by atoms with Crippen LogP contribution in [0.25, 0.3) is 10.1 Å². The first-order chi connectivity index (χ1) is 18.5. The average Bonchev–Trinajstić information content (AvgIpc) is 3.52. The van der Waals surface area contributed by atoms with E-state index in [9.17, 15) is 22.4 Å². The van der Waals surface area contributed by atoms with Crippen LogP contribution in [0.15, 0.2) is 53.4 Å². The van der Waals surface area contributed by atoms with Crippen molar-refractivity contribution < 1.29 is 27.1 Å². The standard InChI is InChI=1S/C27H31ClFN3O5S2/c1-16(2)11-21(32-27(34)24-12-17-5-3-4-6-23(17)38-24)26(33)30-14-18-9-10-37-22(18)15-31-39(35,36)25-8-7-19(29)13-20(25)28/h3-8,12-13,16,18,21-22,31H,9-11,14-15H2,1-2H3,(H,30,33)(H,32,34)/t18-,21+,22-/m1/s1. The minimum absolute atomic E-state index is 0.0331. The van der Waals surface area contributed by atoms with Crippen molar-refractivity contribution in [1.29, 1.82) is 0 Å². The predicted molar refractivity (Wildman–Crippen MR) is 150 cm³/mol. The molecular weight excluding hydrogens is 565 g/mol. The zero-order valence-electron chi connectivity index (χ0n) is 21.6. The molecule has 2 aromatic carbocycles. The van der Waals surface area contributed by atoms with Gasteiger partial charge in [-0.05, 0) is 54.5 Å². The molecule has 0 spiro atoms. The zero-order valence-corrected chi connectivity index (χ0v) is 24.0. The van der Waals surface area contributed by atoms with Gasteiger partial charge in [0.1, 0.15) is 16.8 Å². The van der Waals surface area contributed by atoms with Gasteiger partial charge in [-0.15, -0.1) is 11.3 Å². The van der Waals surface area contributed by atoms with E-state index in [0.717, 1.165) is 28.3 Å². The van der Waals surface area contributed by atoms with Crippen molar-refractivity contribution in [2.24, 2.45) is 11.8 Å². The first-order valence-corrected chi connectivity index (χ1v) is 15.3. The van der Waals surface area contributed by atoms with Gasteiger partial charge in [0.05, 0.1) is 16.0 Å². The Morgan fingerprint density at radius 2 is 1.92 bits per heavy atom. The quantitative estimate of drug-likeness (QED) is 0.305. The van der Waals surface area contributed by atoms with Crippen molar-refractivity contribution in [2.45, 2.75) is 43.7 Å². The smallest absolute Gasteiger partial charge is 0.262 e. The van der Waals surface area contributed by atoms with Crippen LogP contribution >= 0.6 is 22.9 Å². The van der Waals surface area contributed by atoms with Gasteiger partial charge < -0.3 is 15.4 Å². The second-order valence-corrected chi connectivity index (χ2v) is 13.2. The van der Waals surface area contributed by atoms with Crippen molar-refractivity contribution in [3.05, 3.63) is 64.2 Å². The molecule has 3 N–H and O–H groups in total. The summed E-state index contributed by atoms with van der Waals surface area (Å²) >= 11 is 7.29. The van der Waals surface area contributed by atoms with E-state index in [4.69, 9.17) is 16.3 Å². The Labute approximate surface area is 236 Å². The summed E-state index contributed by atoms with van der Waals surface area (Å²) in [6.07, 6.45) is 0.620. The predicted octanol–water partition coefficient (Wildman–Crippen LogP) is 4.34. The van der Waals surface area contributed by atoms with Gasteiger partial charge in [-0.25, -0.2) is 17.5 Å². The fourth-order valence-electron chi connectivity index (χ4n) is 4.50. The summed E-state index contributed by atoms with van der Waals surface area (Å²) in [6.45, 7) is 4.60. The molecule has 3 aromatic rings. The van der Waals surface area contributed by atoms with Crippen LogP contribution < -0.4 is 15.4 Å². The van der Waals surface area contributed by atoms with E-state index in [2.05, 4.69) is 15.4 Å². The van der Waals surface area contributed by atoms with Crippen LogP contribution in [0, 0.1) is 17.7 Å². The maximum atomic E-state index is 13.3. The molecule has 1 aliphatic heterocycles. The van der Waals surface area contributed by atoms with Crippen LogP contribution in [0.4, 0.5) is 4.39 Å². The molecule has 12 heteroatoms. The largest absolute Gasteiger partial charge is 0.376 e. The minimum Gasteiger partial charge on any atom is -0.376 e. The van der Waals surface area contributed by atoms with Gasteiger partial charge in [-0.1, -0.05) is 43.6 Å². The van der Waals surface area contributed by atoms with Crippen molar-refractivity contribution >= 4 is 54.9 Å². The van der Waals surface area contributed by atoms with Crippen molar-refractivity contribution in [3.63, 3.8) is 0 Å². The van der Waals surface area contributed by atoms with Crippen molar-refractivity contribution in [1.82, 2.24) is 15.4 Å². The van der Waals surface area contributed by atoms with E-state index in [0.29, 0.717) is 24.3 Å². The Kier molecular flexibility index (Phi) is 9.60. The molecule has 1 saturated heterocycles. The Hall–Kier alpha value is -2.57. The molecule has 1 fully saturated rings. The highest BCUT2D eigenvalue weighted by Gasteiger charge is 2.32. The molecule has 39 heavy (non-hydrogen) atoms. The van der Waals surface area contributed by atoms with Gasteiger partial charge in [0, 0.05) is 30.3 Å². The number of hydrogen-bond donors (Lipinski definition) is 3. The number of thiophene rings is 1. The number of hydrogen-bond acceptors (Lipinski definition) is 6. The molecule has 1 aliphatic rings. The fourth-order valence-corrected chi connectivity index (χ4v) is 7.04. The molecule has 3 atom stereocenters. The fraction of sp³-hybridized carbons (Fsp3) is 0.407. The highest BCUT2D eigenvalue weighted by atomic mass is 35.5. The lowest BCUT2D eigenvalue weighted by Crippen LogP contribution is -2.49. The van der Waals surface area contributed by atoms with Crippen LogP contribution in [0.2, 0.25) is 5.02 Å². The van der Waals surface area contributed by atoms with Crippen LogP contribution in [0.1, 0.15) is 36.4 Å². The number of carbonyl (C=O) groups is 2. The third-order valence-corrected chi connectivity index (χ3v) is 9.54. The lowest BCUT2D eigenvalue weighted by Gasteiger charge is -2.23. The van der Waals surface area contributed by atoms with Gasteiger partial charge in [0.25, 0.3) is 5.91 Å². The number of carbonyl (C=O) groups excluding carboxylic acids is 2. The summed E-state index contributed by atoms with van der Waals surface area (Å²) in [5, 5.41) is 6.56. The second-order valence-electron chi connectivity index (χ2n) is 9.93. The number of amides is 2. The maximum absolute atomic E-state index is 13.3.